The van der Waals surface area contributed by atoms with Crippen molar-refractivity contribution in [2.45, 2.75) is 45.8 Å². The van der Waals surface area contributed by atoms with Gasteiger partial charge in [-0.2, -0.15) is 0 Å². The molecule has 1 heterocycles. The van der Waals surface area contributed by atoms with Gasteiger partial charge in [-0.15, -0.1) is 0 Å². The van der Waals surface area contributed by atoms with E-state index >= 15 is 0 Å². The minimum atomic E-state index is 0.300. The fourth-order valence-electron chi connectivity index (χ4n) is 2.87. The molecule has 25 heavy (non-hydrogen) atoms. The number of nitrogens with zero attached hydrogens (tertiary/aromatic N) is 3. The maximum atomic E-state index is 6.09. The normalized spacial score (nSPS) is 16.6. The monoisotopic (exact) mass is 346 g/mol. The van der Waals surface area contributed by atoms with Crippen molar-refractivity contribution in [3.8, 4) is 5.75 Å². The number of nitrogens with one attached hydrogen (secondary N) is 1. The standard InChI is InChI=1S/C20H34N4O/c1-5-21-20(22-13-16-23(4)17(2)3)24-14-11-19(12-15-24)25-18-9-7-6-8-10-18/h6-10,17,19H,5,11-16H2,1-4H3,(H,21,22). The SMILES string of the molecule is CCNC(=NCCN(C)C(C)C)N1CCC(Oc2ccccc2)CC1. The first kappa shape index (κ1) is 19.6. The molecule has 0 aromatic heterocycles. The van der Waals surface area contributed by atoms with E-state index in [9.17, 15) is 0 Å². The molecular formula is C20H34N4O. The van der Waals surface area contributed by atoms with Gasteiger partial charge in [-0.1, -0.05) is 18.2 Å². The fraction of sp³-hybridized carbons (Fsp3) is 0.650. The van der Waals surface area contributed by atoms with E-state index in [1.807, 2.05) is 30.3 Å². The van der Waals surface area contributed by atoms with E-state index in [0.717, 1.165) is 57.3 Å². The van der Waals surface area contributed by atoms with Crippen molar-refractivity contribution in [3.63, 3.8) is 0 Å². The Bertz CT molecular complexity index is 510. The maximum absolute atomic E-state index is 6.09. The predicted octanol–water partition coefficient (Wildman–Crippen LogP) is 2.84. The Labute approximate surface area is 153 Å². The van der Waals surface area contributed by atoms with Gasteiger partial charge >= 0.3 is 0 Å². The lowest BCUT2D eigenvalue weighted by Crippen LogP contribution is -2.47. The van der Waals surface area contributed by atoms with E-state index in [1.165, 1.54) is 0 Å². The molecule has 1 aromatic rings. The first-order valence-electron chi connectivity index (χ1n) is 9.55. The van der Waals surface area contributed by atoms with Crippen molar-refractivity contribution in [1.29, 1.82) is 0 Å². The smallest absolute Gasteiger partial charge is 0.193 e. The number of piperidine rings is 1. The summed E-state index contributed by atoms with van der Waals surface area (Å²) in [5.41, 5.74) is 0. The van der Waals surface area contributed by atoms with Gasteiger partial charge in [0.2, 0.25) is 0 Å². The first-order chi connectivity index (χ1) is 12.1. The number of hydrogen-bond donors (Lipinski definition) is 1. The number of hydrogen-bond acceptors (Lipinski definition) is 3. The van der Waals surface area contributed by atoms with Crippen molar-refractivity contribution in [2.75, 3.05) is 39.8 Å². The molecule has 2 rings (SSSR count). The number of ether oxygens (including phenoxy) is 1. The van der Waals surface area contributed by atoms with Crippen LogP contribution < -0.4 is 10.1 Å². The van der Waals surface area contributed by atoms with Crippen LogP contribution in [-0.2, 0) is 0 Å². The molecule has 0 unspecified atom stereocenters. The molecule has 0 aliphatic carbocycles. The van der Waals surface area contributed by atoms with Gasteiger partial charge in [0.1, 0.15) is 11.9 Å². The van der Waals surface area contributed by atoms with Gasteiger partial charge in [0.15, 0.2) is 5.96 Å². The Morgan fingerprint density at radius 3 is 2.56 bits per heavy atom. The van der Waals surface area contributed by atoms with Gasteiger partial charge < -0.3 is 19.9 Å². The summed E-state index contributed by atoms with van der Waals surface area (Å²) in [6.45, 7) is 11.3. The third-order valence-electron chi connectivity index (χ3n) is 4.72. The van der Waals surface area contributed by atoms with E-state index in [0.29, 0.717) is 12.1 Å². The van der Waals surface area contributed by atoms with Crippen LogP contribution in [0.25, 0.3) is 0 Å². The van der Waals surface area contributed by atoms with E-state index in [1.54, 1.807) is 0 Å². The van der Waals surface area contributed by atoms with Crippen molar-refractivity contribution in [1.82, 2.24) is 15.1 Å². The van der Waals surface area contributed by atoms with Crippen LogP contribution in [0.15, 0.2) is 35.3 Å². The van der Waals surface area contributed by atoms with Crippen LogP contribution in [0.2, 0.25) is 0 Å². The van der Waals surface area contributed by atoms with Crippen LogP contribution in [0.3, 0.4) is 0 Å². The molecule has 0 radical (unpaired) electrons. The second-order valence-corrected chi connectivity index (χ2v) is 6.93. The largest absolute Gasteiger partial charge is 0.490 e. The van der Waals surface area contributed by atoms with Crippen LogP contribution in [-0.4, -0.2) is 67.7 Å². The molecule has 1 saturated heterocycles. The summed E-state index contributed by atoms with van der Waals surface area (Å²) >= 11 is 0. The molecule has 5 nitrogen and oxygen atoms in total. The lowest BCUT2D eigenvalue weighted by Gasteiger charge is -2.34. The second-order valence-electron chi connectivity index (χ2n) is 6.93. The van der Waals surface area contributed by atoms with Crippen molar-refractivity contribution in [2.24, 2.45) is 4.99 Å². The second kappa shape index (κ2) is 10.3. The summed E-state index contributed by atoms with van der Waals surface area (Å²) in [4.78, 5) is 9.51. The summed E-state index contributed by atoms with van der Waals surface area (Å²) in [6.07, 6.45) is 2.37. The molecule has 140 valence electrons. The molecule has 0 saturated carbocycles. The number of likely N-dealkylation sites (N-methyl/N-ethyl adjacent to an activating group) is 1. The van der Waals surface area contributed by atoms with Gasteiger partial charge in [-0.3, -0.25) is 4.99 Å². The average molecular weight is 347 g/mol. The molecule has 1 aliphatic heterocycles. The Kier molecular flexibility index (Phi) is 8.06. The summed E-state index contributed by atoms with van der Waals surface area (Å²) in [6, 6.07) is 10.7. The Morgan fingerprint density at radius 1 is 1.28 bits per heavy atom. The summed E-state index contributed by atoms with van der Waals surface area (Å²) in [5.74, 6) is 2.01. The third-order valence-corrected chi connectivity index (χ3v) is 4.72. The van der Waals surface area contributed by atoms with Crippen LogP contribution in [0, 0.1) is 0 Å². The summed E-state index contributed by atoms with van der Waals surface area (Å²) < 4.78 is 6.09. The maximum Gasteiger partial charge on any atom is 0.193 e. The molecule has 0 bridgehead atoms. The van der Waals surface area contributed by atoms with E-state index in [4.69, 9.17) is 9.73 Å². The van der Waals surface area contributed by atoms with Gasteiger partial charge in [0.05, 0.1) is 6.54 Å². The number of benzene rings is 1. The first-order valence-corrected chi connectivity index (χ1v) is 9.55. The topological polar surface area (TPSA) is 40.1 Å². The highest BCUT2D eigenvalue weighted by Gasteiger charge is 2.22. The molecule has 1 aliphatic rings. The highest BCUT2D eigenvalue weighted by Crippen LogP contribution is 2.18. The van der Waals surface area contributed by atoms with Crippen LogP contribution in [0.1, 0.15) is 33.6 Å². The number of likely N-dealkylation sites (tertiary alicyclic amines) is 1. The number of aliphatic imine (C=N–C) groups is 1. The highest BCUT2D eigenvalue weighted by molar-refractivity contribution is 5.80. The lowest BCUT2D eigenvalue weighted by molar-refractivity contribution is 0.129. The predicted molar refractivity (Wildman–Crippen MR) is 105 cm³/mol. The van der Waals surface area contributed by atoms with Crippen molar-refractivity contribution in [3.05, 3.63) is 30.3 Å². The van der Waals surface area contributed by atoms with Gasteiger partial charge in [-0.05, 0) is 40.0 Å². The van der Waals surface area contributed by atoms with Gasteiger partial charge in [0.25, 0.3) is 0 Å². The zero-order valence-corrected chi connectivity index (χ0v) is 16.2. The Hall–Kier alpha value is -1.75. The molecular weight excluding hydrogens is 312 g/mol. The van der Waals surface area contributed by atoms with Crippen LogP contribution in [0.4, 0.5) is 0 Å². The number of para-hydroxylation sites is 1. The molecule has 1 N–H and O–H groups in total. The zero-order chi connectivity index (χ0) is 18.1. The number of rotatable bonds is 7. The molecule has 0 spiro atoms. The minimum Gasteiger partial charge on any atom is -0.490 e. The highest BCUT2D eigenvalue weighted by atomic mass is 16.5. The Morgan fingerprint density at radius 2 is 1.96 bits per heavy atom. The molecule has 1 fully saturated rings. The quantitative estimate of drug-likeness (QED) is 0.609. The lowest BCUT2D eigenvalue weighted by atomic mass is 10.1. The van der Waals surface area contributed by atoms with Crippen molar-refractivity contribution >= 4 is 5.96 Å². The Balaban J connectivity index is 1.82. The van der Waals surface area contributed by atoms with E-state index in [-0.39, 0.29) is 0 Å². The third kappa shape index (κ3) is 6.58. The molecule has 0 amide bonds. The minimum absolute atomic E-state index is 0.300. The molecule has 5 heteroatoms. The van der Waals surface area contributed by atoms with Crippen molar-refractivity contribution < 1.29 is 4.74 Å². The van der Waals surface area contributed by atoms with Gasteiger partial charge in [0, 0.05) is 45.1 Å². The summed E-state index contributed by atoms with van der Waals surface area (Å²) in [5, 5.41) is 3.44. The van der Waals surface area contributed by atoms with Crippen LogP contribution >= 0.6 is 0 Å². The molecule has 0 atom stereocenters. The fourth-order valence-corrected chi connectivity index (χ4v) is 2.87. The van der Waals surface area contributed by atoms with Gasteiger partial charge in [-0.25, -0.2) is 0 Å². The zero-order valence-electron chi connectivity index (χ0n) is 16.2. The van der Waals surface area contributed by atoms with E-state index < -0.39 is 0 Å². The molecule has 1 aromatic carbocycles. The van der Waals surface area contributed by atoms with E-state index in [2.05, 4.69) is 42.9 Å². The average Bonchev–Trinajstić information content (AvgIpc) is 2.62. The number of guanidine groups is 1. The summed E-state index contributed by atoms with van der Waals surface area (Å²) in [7, 11) is 2.15. The van der Waals surface area contributed by atoms with Crippen LogP contribution in [0.5, 0.6) is 5.75 Å².